The van der Waals surface area contributed by atoms with Crippen LogP contribution in [0.2, 0.25) is 0 Å². The van der Waals surface area contributed by atoms with E-state index in [4.69, 9.17) is 9.47 Å². The van der Waals surface area contributed by atoms with Crippen LogP contribution in [0.3, 0.4) is 0 Å². The number of hydrazone groups is 1. The number of rotatable bonds is 7. The zero-order valence-electron chi connectivity index (χ0n) is 18.3. The summed E-state index contributed by atoms with van der Waals surface area (Å²) in [5.41, 5.74) is 5.46. The van der Waals surface area contributed by atoms with Crippen molar-refractivity contribution in [3.8, 4) is 11.5 Å². The number of carbonyl (C=O) groups is 2. The average Bonchev–Trinajstić information content (AvgIpc) is 2.74. The van der Waals surface area contributed by atoms with Crippen molar-refractivity contribution in [2.45, 2.75) is 33.1 Å². The third kappa shape index (κ3) is 6.07. The number of hydrogen-bond donors (Lipinski definition) is 2. The van der Waals surface area contributed by atoms with Crippen molar-refractivity contribution in [3.63, 3.8) is 0 Å². The highest BCUT2D eigenvalue weighted by atomic mass is 16.5. The summed E-state index contributed by atoms with van der Waals surface area (Å²) in [6.45, 7) is 7.91. The molecule has 7 heteroatoms. The van der Waals surface area contributed by atoms with Gasteiger partial charge in [0.2, 0.25) is 0 Å². The molecule has 2 rings (SSSR count). The molecule has 0 saturated heterocycles. The number of hydrogen-bond acceptors (Lipinski definition) is 5. The predicted octanol–water partition coefficient (Wildman–Crippen LogP) is 3.27. The highest BCUT2D eigenvalue weighted by Crippen LogP contribution is 2.27. The van der Waals surface area contributed by atoms with E-state index < -0.39 is 5.91 Å². The first kappa shape index (κ1) is 22.9. The summed E-state index contributed by atoms with van der Waals surface area (Å²) in [5, 5.41) is 6.68. The molecule has 2 N–H and O–H groups in total. The highest BCUT2D eigenvalue weighted by molar-refractivity contribution is 6.00. The summed E-state index contributed by atoms with van der Waals surface area (Å²) in [6, 6.07) is 12.7. The fourth-order valence-electron chi connectivity index (χ4n) is 2.70. The second-order valence-electron chi connectivity index (χ2n) is 7.81. The molecule has 0 aliphatic rings. The maximum absolute atomic E-state index is 12.2. The third-order valence-electron chi connectivity index (χ3n) is 4.57. The summed E-state index contributed by atoms with van der Waals surface area (Å²) in [5.74, 6) is 0.442. The van der Waals surface area contributed by atoms with Gasteiger partial charge in [0, 0.05) is 11.1 Å². The van der Waals surface area contributed by atoms with Gasteiger partial charge in [0.15, 0.2) is 11.5 Å². The van der Waals surface area contributed by atoms with Gasteiger partial charge < -0.3 is 14.8 Å². The maximum atomic E-state index is 12.2. The van der Waals surface area contributed by atoms with Gasteiger partial charge in [-0.15, -0.1) is 0 Å². The Labute approximate surface area is 177 Å². The lowest BCUT2D eigenvalue weighted by Crippen LogP contribution is -2.35. The van der Waals surface area contributed by atoms with Crippen LogP contribution in [0.5, 0.6) is 11.5 Å². The Balaban J connectivity index is 1.92. The molecule has 0 aliphatic heterocycles. The molecule has 7 nitrogen and oxygen atoms in total. The fourth-order valence-corrected chi connectivity index (χ4v) is 2.70. The average molecular weight is 412 g/mol. The Morgan fingerprint density at radius 2 is 1.53 bits per heavy atom. The quantitative estimate of drug-likeness (QED) is 0.541. The Kier molecular flexibility index (Phi) is 7.58. The number of carbonyl (C=O) groups excluding carboxylic acids is 2. The molecule has 0 unspecified atom stereocenters. The van der Waals surface area contributed by atoms with Crippen LogP contribution in [0.1, 0.15) is 49.2 Å². The first-order valence-corrected chi connectivity index (χ1v) is 9.60. The lowest BCUT2D eigenvalue weighted by Gasteiger charge is -2.19. The van der Waals surface area contributed by atoms with Gasteiger partial charge in [-0.1, -0.05) is 32.9 Å². The van der Waals surface area contributed by atoms with E-state index in [9.17, 15) is 9.59 Å². The topological polar surface area (TPSA) is 89.0 Å². The monoisotopic (exact) mass is 411 g/mol. The van der Waals surface area contributed by atoms with E-state index in [0.29, 0.717) is 22.8 Å². The molecular formula is C23H29N3O4. The summed E-state index contributed by atoms with van der Waals surface area (Å²) >= 11 is 0. The lowest BCUT2D eigenvalue weighted by molar-refractivity contribution is -0.120. The van der Waals surface area contributed by atoms with Crippen LogP contribution in [-0.2, 0) is 10.2 Å². The summed E-state index contributed by atoms with van der Waals surface area (Å²) in [4.78, 5) is 24.3. The molecule has 30 heavy (non-hydrogen) atoms. The number of nitrogens with zero attached hydrogens (tertiary/aromatic N) is 1. The van der Waals surface area contributed by atoms with E-state index in [0.717, 1.165) is 11.1 Å². The van der Waals surface area contributed by atoms with Crippen molar-refractivity contribution in [1.82, 2.24) is 10.7 Å². The van der Waals surface area contributed by atoms with Gasteiger partial charge in [0.05, 0.1) is 26.5 Å². The minimum Gasteiger partial charge on any atom is -0.493 e. The number of nitrogens with one attached hydrogen (secondary N) is 2. The maximum Gasteiger partial charge on any atom is 0.259 e. The molecule has 2 amide bonds. The molecule has 0 heterocycles. The van der Waals surface area contributed by atoms with Gasteiger partial charge in [-0.05, 0) is 48.2 Å². The second kappa shape index (κ2) is 9.91. The van der Waals surface area contributed by atoms with E-state index in [1.165, 1.54) is 0 Å². The number of methoxy groups -OCH3 is 2. The smallest absolute Gasteiger partial charge is 0.259 e. The van der Waals surface area contributed by atoms with E-state index >= 15 is 0 Å². The van der Waals surface area contributed by atoms with Crippen molar-refractivity contribution in [2.24, 2.45) is 5.10 Å². The first-order valence-electron chi connectivity index (χ1n) is 9.60. The number of amides is 2. The summed E-state index contributed by atoms with van der Waals surface area (Å²) in [7, 11) is 3.11. The zero-order chi connectivity index (χ0) is 22.3. The van der Waals surface area contributed by atoms with Gasteiger partial charge in [0.1, 0.15) is 0 Å². The lowest BCUT2D eigenvalue weighted by atomic mass is 9.87. The number of benzene rings is 2. The van der Waals surface area contributed by atoms with Crippen LogP contribution in [0.15, 0.2) is 47.6 Å². The molecule has 0 saturated carbocycles. The first-order chi connectivity index (χ1) is 14.2. The molecule has 0 radical (unpaired) electrons. The Morgan fingerprint density at radius 3 is 2.10 bits per heavy atom. The third-order valence-corrected chi connectivity index (χ3v) is 4.57. The van der Waals surface area contributed by atoms with Crippen molar-refractivity contribution in [1.29, 1.82) is 0 Å². The van der Waals surface area contributed by atoms with Crippen molar-refractivity contribution in [2.75, 3.05) is 20.8 Å². The van der Waals surface area contributed by atoms with Crippen LogP contribution < -0.4 is 20.2 Å². The van der Waals surface area contributed by atoms with E-state index in [1.807, 2.05) is 18.2 Å². The zero-order valence-corrected chi connectivity index (χ0v) is 18.3. The van der Waals surface area contributed by atoms with Crippen LogP contribution in [0.25, 0.3) is 0 Å². The van der Waals surface area contributed by atoms with Gasteiger partial charge in [-0.25, -0.2) is 5.43 Å². The largest absolute Gasteiger partial charge is 0.493 e. The summed E-state index contributed by atoms with van der Waals surface area (Å²) < 4.78 is 10.5. The van der Waals surface area contributed by atoms with Gasteiger partial charge in [-0.3, -0.25) is 9.59 Å². The SMILES string of the molecule is COc1ccc(C(C)=NNC(=O)CNC(=O)c2ccc(C(C)(C)C)cc2)cc1OC. The highest BCUT2D eigenvalue weighted by Gasteiger charge is 2.14. The molecule has 0 bridgehead atoms. The molecule has 0 fully saturated rings. The Hall–Kier alpha value is -3.35. The minimum absolute atomic E-state index is 0.0126. The Bertz CT molecular complexity index is 928. The van der Waals surface area contributed by atoms with Crippen molar-refractivity contribution >= 4 is 17.5 Å². The normalized spacial score (nSPS) is 11.6. The fraction of sp³-hybridized carbons (Fsp3) is 0.348. The van der Waals surface area contributed by atoms with E-state index in [2.05, 4.69) is 36.6 Å². The van der Waals surface area contributed by atoms with Gasteiger partial charge in [0.25, 0.3) is 11.8 Å². The summed E-state index contributed by atoms with van der Waals surface area (Å²) in [6.07, 6.45) is 0. The molecule has 2 aromatic rings. The van der Waals surface area contributed by atoms with E-state index in [1.54, 1.807) is 45.4 Å². The van der Waals surface area contributed by atoms with Crippen LogP contribution in [0.4, 0.5) is 0 Å². The van der Waals surface area contributed by atoms with E-state index in [-0.39, 0.29) is 17.9 Å². The molecule has 0 aliphatic carbocycles. The van der Waals surface area contributed by atoms with Gasteiger partial charge in [-0.2, -0.15) is 5.10 Å². The standard InChI is InChI=1S/C23H29N3O4/c1-15(17-9-12-19(29-5)20(13-17)30-6)25-26-21(27)14-24-22(28)16-7-10-18(11-8-16)23(2,3)4/h7-13H,14H2,1-6H3,(H,24,28)(H,26,27). The van der Waals surface area contributed by atoms with Gasteiger partial charge >= 0.3 is 0 Å². The molecule has 160 valence electrons. The second-order valence-corrected chi connectivity index (χ2v) is 7.81. The molecule has 2 aromatic carbocycles. The van der Waals surface area contributed by atoms with Crippen molar-refractivity contribution in [3.05, 3.63) is 59.2 Å². The predicted molar refractivity (Wildman–Crippen MR) is 117 cm³/mol. The molecule has 0 aromatic heterocycles. The van der Waals surface area contributed by atoms with Crippen molar-refractivity contribution < 1.29 is 19.1 Å². The van der Waals surface area contributed by atoms with Crippen LogP contribution >= 0.6 is 0 Å². The molecule has 0 spiro atoms. The molecule has 0 atom stereocenters. The number of ether oxygens (including phenoxy) is 2. The Morgan fingerprint density at radius 1 is 0.933 bits per heavy atom. The molecular weight excluding hydrogens is 382 g/mol. The minimum atomic E-state index is -0.422. The van der Waals surface area contributed by atoms with Crippen LogP contribution in [-0.4, -0.2) is 38.3 Å². The van der Waals surface area contributed by atoms with Crippen LogP contribution in [0, 0.1) is 0 Å².